The Kier molecular flexibility index (Phi) is 2.89. The molecule has 0 aliphatic carbocycles. The molecule has 1 heteroatoms. The normalized spacial score (nSPS) is 11.5. The Morgan fingerprint density at radius 3 is 2.41 bits per heavy atom. The summed E-state index contributed by atoms with van der Waals surface area (Å²) < 4.78 is 0. The lowest BCUT2D eigenvalue weighted by Gasteiger charge is -2.22. The van der Waals surface area contributed by atoms with Gasteiger partial charge in [0.15, 0.2) is 0 Å². The molecule has 0 radical (unpaired) electrons. The number of hydrogen-bond donors (Lipinski definition) is 0. The first-order chi connectivity index (χ1) is 7.95. The summed E-state index contributed by atoms with van der Waals surface area (Å²) in [4.78, 5) is 0. The summed E-state index contributed by atoms with van der Waals surface area (Å²) >= 11 is 6.18. The molecule has 0 amide bonds. The zero-order chi connectivity index (χ0) is 12.6. The van der Waals surface area contributed by atoms with E-state index >= 15 is 0 Å². The fraction of sp³-hybridized carbons (Fsp3) is 0.250. The number of rotatable bonds is 0. The highest BCUT2D eigenvalue weighted by Crippen LogP contribution is 2.34. The second kappa shape index (κ2) is 4.09. The Morgan fingerprint density at radius 1 is 1.12 bits per heavy atom. The fourth-order valence-electron chi connectivity index (χ4n) is 2.12. The molecule has 0 atom stereocenters. The Morgan fingerprint density at radius 2 is 1.82 bits per heavy atom. The highest BCUT2D eigenvalue weighted by Gasteiger charge is 2.18. The fourth-order valence-corrected chi connectivity index (χ4v) is 2.33. The molecule has 0 fully saturated rings. The van der Waals surface area contributed by atoms with E-state index in [0.717, 1.165) is 16.3 Å². The lowest BCUT2D eigenvalue weighted by molar-refractivity contribution is 0.596. The molecule has 0 aromatic heterocycles. The van der Waals surface area contributed by atoms with Gasteiger partial charge in [0.1, 0.15) is 0 Å². The quantitative estimate of drug-likeness (QED) is 0.584. The molecule has 0 heterocycles. The van der Waals surface area contributed by atoms with E-state index in [1.807, 2.05) is 12.1 Å². The summed E-state index contributed by atoms with van der Waals surface area (Å²) in [6.45, 7) is 6.55. The largest absolute Gasteiger partial charge is 0.115 e. The Balaban J connectivity index is 2.97. The zero-order valence-electron chi connectivity index (χ0n) is 10.3. The topological polar surface area (TPSA) is 0 Å². The van der Waals surface area contributed by atoms with Crippen molar-refractivity contribution in [2.45, 2.75) is 26.2 Å². The minimum Gasteiger partial charge on any atom is -0.115 e. The molecular weight excluding hydrogens is 228 g/mol. The zero-order valence-corrected chi connectivity index (χ0v) is 11.1. The van der Waals surface area contributed by atoms with Crippen LogP contribution < -0.4 is 0 Å². The summed E-state index contributed by atoms with van der Waals surface area (Å²) in [6, 6.07) is 10.2. The maximum Gasteiger partial charge on any atom is 0.0569 e. The molecule has 0 aliphatic rings. The average Bonchev–Trinajstić information content (AvgIpc) is 2.27. The van der Waals surface area contributed by atoms with Gasteiger partial charge in [-0.3, -0.25) is 0 Å². The van der Waals surface area contributed by atoms with Crippen LogP contribution in [0.1, 0.15) is 31.9 Å². The summed E-state index contributed by atoms with van der Waals surface area (Å²) in [7, 11) is 0. The Hall–Kier alpha value is -1.45. The molecule has 0 bridgehead atoms. The van der Waals surface area contributed by atoms with Crippen LogP contribution in [-0.2, 0) is 5.41 Å². The molecule has 0 spiro atoms. The summed E-state index contributed by atoms with van der Waals surface area (Å²) in [6.07, 6.45) is 5.59. The first-order valence-corrected chi connectivity index (χ1v) is 6.01. The van der Waals surface area contributed by atoms with Gasteiger partial charge in [0.2, 0.25) is 0 Å². The monoisotopic (exact) mass is 242 g/mol. The number of hydrogen-bond acceptors (Lipinski definition) is 0. The molecule has 2 rings (SSSR count). The first-order valence-electron chi connectivity index (χ1n) is 5.63. The van der Waals surface area contributed by atoms with Crippen molar-refractivity contribution in [2.75, 3.05) is 0 Å². The molecule has 0 N–H and O–H groups in total. The van der Waals surface area contributed by atoms with Gasteiger partial charge in [-0.15, -0.1) is 6.42 Å². The standard InChI is InChI=1S/C16H15Cl/c1-5-12-14(17)10-9-11-7-6-8-13(15(11)12)16(2,3)4/h1,6-10H,2-4H3. The molecule has 17 heavy (non-hydrogen) atoms. The third-order valence-electron chi connectivity index (χ3n) is 2.95. The molecule has 0 saturated heterocycles. The number of benzene rings is 2. The van der Waals surface area contributed by atoms with Crippen LogP contribution in [0.15, 0.2) is 30.3 Å². The Bertz CT molecular complexity index is 610. The molecule has 0 unspecified atom stereocenters. The number of terminal acetylenes is 1. The van der Waals surface area contributed by atoms with E-state index in [2.05, 4.69) is 44.9 Å². The highest BCUT2D eigenvalue weighted by atomic mass is 35.5. The van der Waals surface area contributed by atoms with Crippen molar-refractivity contribution in [3.05, 3.63) is 46.5 Å². The van der Waals surface area contributed by atoms with Gasteiger partial charge >= 0.3 is 0 Å². The first kappa shape index (κ1) is 12.0. The summed E-state index contributed by atoms with van der Waals surface area (Å²) in [5.41, 5.74) is 2.09. The van der Waals surface area contributed by atoms with Gasteiger partial charge in [-0.05, 0) is 22.4 Å². The van der Waals surface area contributed by atoms with E-state index in [0.29, 0.717) is 5.02 Å². The van der Waals surface area contributed by atoms with Crippen LogP contribution in [-0.4, -0.2) is 0 Å². The van der Waals surface area contributed by atoms with Gasteiger partial charge in [-0.1, -0.05) is 62.6 Å². The van der Waals surface area contributed by atoms with Crippen LogP contribution in [0.25, 0.3) is 10.8 Å². The third-order valence-corrected chi connectivity index (χ3v) is 3.26. The van der Waals surface area contributed by atoms with Crippen molar-refractivity contribution in [1.29, 1.82) is 0 Å². The van der Waals surface area contributed by atoms with Crippen molar-refractivity contribution in [1.82, 2.24) is 0 Å². The highest BCUT2D eigenvalue weighted by molar-refractivity contribution is 6.33. The number of halogens is 1. The van der Waals surface area contributed by atoms with Gasteiger partial charge < -0.3 is 0 Å². The van der Waals surface area contributed by atoms with Crippen molar-refractivity contribution in [3.63, 3.8) is 0 Å². The molecule has 0 saturated carbocycles. The maximum absolute atomic E-state index is 6.18. The average molecular weight is 243 g/mol. The summed E-state index contributed by atoms with van der Waals surface area (Å²) in [5.74, 6) is 2.72. The maximum atomic E-state index is 6.18. The van der Waals surface area contributed by atoms with Crippen molar-refractivity contribution >= 4 is 22.4 Å². The van der Waals surface area contributed by atoms with Gasteiger partial charge in [0.05, 0.1) is 10.6 Å². The van der Waals surface area contributed by atoms with Crippen LogP contribution in [0.4, 0.5) is 0 Å². The van der Waals surface area contributed by atoms with Crippen LogP contribution >= 0.6 is 11.6 Å². The SMILES string of the molecule is C#Cc1c(Cl)ccc2cccc(C(C)(C)C)c12. The predicted octanol–water partition coefficient (Wildman–Crippen LogP) is 4.77. The van der Waals surface area contributed by atoms with Crippen LogP contribution in [0, 0.1) is 12.3 Å². The molecule has 86 valence electrons. The minimum atomic E-state index is 0.0514. The second-order valence-electron chi connectivity index (χ2n) is 5.22. The van der Waals surface area contributed by atoms with E-state index in [1.165, 1.54) is 5.56 Å². The second-order valence-corrected chi connectivity index (χ2v) is 5.63. The van der Waals surface area contributed by atoms with Crippen molar-refractivity contribution in [2.24, 2.45) is 0 Å². The molecule has 2 aromatic carbocycles. The lowest BCUT2D eigenvalue weighted by atomic mass is 9.82. The van der Waals surface area contributed by atoms with Crippen LogP contribution in [0.3, 0.4) is 0 Å². The predicted molar refractivity (Wildman–Crippen MR) is 75.6 cm³/mol. The van der Waals surface area contributed by atoms with Gasteiger partial charge in [0, 0.05) is 5.39 Å². The van der Waals surface area contributed by atoms with Crippen molar-refractivity contribution < 1.29 is 0 Å². The smallest absolute Gasteiger partial charge is 0.0569 e. The van der Waals surface area contributed by atoms with Gasteiger partial charge in [-0.25, -0.2) is 0 Å². The van der Waals surface area contributed by atoms with E-state index < -0.39 is 0 Å². The van der Waals surface area contributed by atoms with Crippen molar-refractivity contribution in [3.8, 4) is 12.3 Å². The van der Waals surface area contributed by atoms with Crippen LogP contribution in [0.5, 0.6) is 0 Å². The van der Waals surface area contributed by atoms with E-state index in [9.17, 15) is 0 Å². The minimum absolute atomic E-state index is 0.0514. The third kappa shape index (κ3) is 2.04. The Labute approximate surface area is 108 Å². The molecule has 2 aromatic rings. The summed E-state index contributed by atoms with van der Waals surface area (Å²) in [5, 5.41) is 2.90. The van der Waals surface area contributed by atoms with Gasteiger partial charge in [-0.2, -0.15) is 0 Å². The van der Waals surface area contributed by atoms with E-state index in [-0.39, 0.29) is 5.41 Å². The van der Waals surface area contributed by atoms with E-state index in [4.69, 9.17) is 18.0 Å². The van der Waals surface area contributed by atoms with E-state index in [1.54, 1.807) is 0 Å². The van der Waals surface area contributed by atoms with Crippen LogP contribution in [0.2, 0.25) is 5.02 Å². The number of fused-ring (bicyclic) bond motifs is 1. The molecule has 0 aliphatic heterocycles. The molecular formula is C16H15Cl. The van der Waals surface area contributed by atoms with Gasteiger partial charge in [0.25, 0.3) is 0 Å². The molecule has 0 nitrogen and oxygen atoms in total. The lowest BCUT2D eigenvalue weighted by Crippen LogP contribution is -2.12.